The van der Waals surface area contributed by atoms with Crippen molar-refractivity contribution >= 4 is 26.7 Å². The molecule has 1 unspecified atom stereocenters. The zero-order chi connectivity index (χ0) is 13.0. The number of rotatable bonds is 5. The number of hydrogen-bond acceptors (Lipinski definition) is 2. The number of hydrogen-bond donors (Lipinski definition) is 1. The molecule has 0 saturated heterocycles. The molecule has 0 aliphatic heterocycles. The van der Waals surface area contributed by atoms with Gasteiger partial charge < -0.3 is 10.1 Å². The zero-order valence-corrected chi connectivity index (χ0v) is 12.3. The quantitative estimate of drug-likeness (QED) is 0.906. The Hall–Kier alpha value is -1.06. The van der Waals surface area contributed by atoms with Crippen LogP contribution >= 0.6 is 15.9 Å². The summed E-state index contributed by atoms with van der Waals surface area (Å²) in [6.07, 6.45) is 0. The molecule has 96 valence electrons. The standard InChI is InChI=1S/C15H18BrNO/c1-11(9-17-2)10-18-15-6-4-12-7-14(16)5-3-13(12)8-15/h3-8,11,17H,9-10H2,1-2H3. The molecule has 0 radical (unpaired) electrons. The molecule has 3 heteroatoms. The summed E-state index contributed by atoms with van der Waals surface area (Å²) in [6.45, 7) is 3.89. The van der Waals surface area contributed by atoms with E-state index in [0.717, 1.165) is 23.4 Å². The lowest BCUT2D eigenvalue weighted by atomic mass is 10.1. The molecule has 1 N–H and O–H groups in total. The Kier molecular flexibility index (Phi) is 4.61. The van der Waals surface area contributed by atoms with Crippen molar-refractivity contribution in [2.45, 2.75) is 6.92 Å². The molecule has 0 amide bonds. The molecular weight excluding hydrogens is 290 g/mol. The van der Waals surface area contributed by atoms with Crippen LogP contribution in [0.2, 0.25) is 0 Å². The lowest BCUT2D eigenvalue weighted by Gasteiger charge is -2.13. The largest absolute Gasteiger partial charge is 0.493 e. The summed E-state index contributed by atoms with van der Waals surface area (Å²) in [5, 5.41) is 5.58. The minimum absolute atomic E-state index is 0.510. The summed E-state index contributed by atoms with van der Waals surface area (Å²) in [5.41, 5.74) is 0. The van der Waals surface area contributed by atoms with Gasteiger partial charge >= 0.3 is 0 Å². The average molecular weight is 308 g/mol. The maximum Gasteiger partial charge on any atom is 0.119 e. The van der Waals surface area contributed by atoms with Crippen molar-refractivity contribution in [1.29, 1.82) is 0 Å². The molecule has 0 aromatic heterocycles. The smallest absolute Gasteiger partial charge is 0.119 e. The van der Waals surface area contributed by atoms with Crippen molar-refractivity contribution < 1.29 is 4.74 Å². The van der Waals surface area contributed by atoms with Crippen molar-refractivity contribution in [1.82, 2.24) is 5.32 Å². The van der Waals surface area contributed by atoms with Crippen molar-refractivity contribution in [2.24, 2.45) is 5.92 Å². The fraction of sp³-hybridized carbons (Fsp3) is 0.333. The average Bonchev–Trinajstić information content (AvgIpc) is 2.36. The Morgan fingerprint density at radius 3 is 2.67 bits per heavy atom. The van der Waals surface area contributed by atoms with Crippen LogP contribution in [0, 0.1) is 5.92 Å². The minimum atomic E-state index is 0.510. The number of ether oxygens (including phenoxy) is 1. The molecule has 0 fully saturated rings. The molecule has 0 aliphatic carbocycles. The maximum atomic E-state index is 5.81. The lowest BCUT2D eigenvalue weighted by molar-refractivity contribution is 0.258. The van der Waals surface area contributed by atoms with Gasteiger partial charge in [0.15, 0.2) is 0 Å². The summed E-state index contributed by atoms with van der Waals surface area (Å²) in [4.78, 5) is 0. The van der Waals surface area contributed by atoms with Crippen molar-refractivity contribution in [3.05, 3.63) is 40.9 Å². The van der Waals surface area contributed by atoms with Gasteiger partial charge in [0, 0.05) is 16.9 Å². The van der Waals surface area contributed by atoms with Gasteiger partial charge in [0.05, 0.1) is 6.61 Å². The molecule has 2 rings (SSSR count). The maximum absolute atomic E-state index is 5.81. The third kappa shape index (κ3) is 3.47. The van der Waals surface area contributed by atoms with Crippen LogP contribution in [-0.2, 0) is 0 Å². The van der Waals surface area contributed by atoms with Crippen molar-refractivity contribution in [3.63, 3.8) is 0 Å². The van der Waals surface area contributed by atoms with Crippen LogP contribution in [0.1, 0.15) is 6.92 Å². The van der Waals surface area contributed by atoms with E-state index in [1.165, 1.54) is 10.8 Å². The molecule has 2 aromatic rings. The molecular formula is C15H18BrNO. The first kappa shape index (κ1) is 13.4. The van der Waals surface area contributed by atoms with Crippen molar-refractivity contribution in [3.8, 4) is 5.75 Å². The van der Waals surface area contributed by atoms with Crippen LogP contribution in [-0.4, -0.2) is 20.2 Å². The summed E-state index contributed by atoms with van der Waals surface area (Å²) in [5.74, 6) is 1.45. The molecule has 0 spiro atoms. The molecule has 1 atom stereocenters. The van der Waals surface area contributed by atoms with E-state index in [-0.39, 0.29) is 0 Å². The van der Waals surface area contributed by atoms with E-state index in [1.54, 1.807) is 0 Å². The van der Waals surface area contributed by atoms with E-state index in [1.807, 2.05) is 13.1 Å². The molecule has 2 aromatic carbocycles. The highest BCUT2D eigenvalue weighted by atomic mass is 79.9. The van der Waals surface area contributed by atoms with Crippen LogP contribution in [0.15, 0.2) is 40.9 Å². The predicted molar refractivity (Wildman–Crippen MR) is 80.2 cm³/mol. The first-order valence-corrected chi connectivity index (χ1v) is 6.95. The van der Waals surface area contributed by atoms with Gasteiger partial charge in [-0.3, -0.25) is 0 Å². The first-order chi connectivity index (χ1) is 8.69. The van der Waals surface area contributed by atoms with E-state index in [2.05, 4.69) is 58.5 Å². The molecule has 0 bridgehead atoms. The summed E-state index contributed by atoms with van der Waals surface area (Å²) >= 11 is 3.48. The molecule has 18 heavy (non-hydrogen) atoms. The fourth-order valence-corrected chi connectivity index (χ4v) is 2.31. The Bertz CT molecular complexity index is 527. The Morgan fingerprint density at radius 2 is 1.89 bits per heavy atom. The predicted octanol–water partition coefficient (Wildman–Crippen LogP) is 3.84. The number of fused-ring (bicyclic) bond motifs is 1. The summed E-state index contributed by atoms with van der Waals surface area (Å²) < 4.78 is 6.91. The van der Waals surface area contributed by atoms with Gasteiger partial charge in [-0.2, -0.15) is 0 Å². The van der Waals surface area contributed by atoms with Crippen LogP contribution in [0.3, 0.4) is 0 Å². The van der Waals surface area contributed by atoms with E-state index in [0.29, 0.717) is 5.92 Å². The lowest BCUT2D eigenvalue weighted by Crippen LogP contribution is -2.21. The highest BCUT2D eigenvalue weighted by molar-refractivity contribution is 9.10. The van der Waals surface area contributed by atoms with Crippen LogP contribution in [0.25, 0.3) is 10.8 Å². The highest BCUT2D eigenvalue weighted by Gasteiger charge is 2.03. The van der Waals surface area contributed by atoms with E-state index < -0.39 is 0 Å². The fourth-order valence-electron chi connectivity index (χ4n) is 1.93. The summed E-state index contributed by atoms with van der Waals surface area (Å²) in [6, 6.07) is 12.5. The van der Waals surface area contributed by atoms with Gasteiger partial charge in [-0.1, -0.05) is 35.0 Å². The molecule has 0 heterocycles. The van der Waals surface area contributed by atoms with Gasteiger partial charge in [-0.05, 0) is 42.1 Å². The second kappa shape index (κ2) is 6.21. The third-order valence-corrected chi connectivity index (χ3v) is 3.35. The van der Waals surface area contributed by atoms with Gasteiger partial charge in [0.1, 0.15) is 5.75 Å². The second-order valence-corrected chi connectivity index (χ2v) is 5.54. The minimum Gasteiger partial charge on any atom is -0.493 e. The molecule has 2 nitrogen and oxygen atoms in total. The molecule has 0 aliphatic rings. The third-order valence-electron chi connectivity index (χ3n) is 2.86. The van der Waals surface area contributed by atoms with Crippen LogP contribution < -0.4 is 10.1 Å². The van der Waals surface area contributed by atoms with Gasteiger partial charge in [0.2, 0.25) is 0 Å². The topological polar surface area (TPSA) is 21.3 Å². The normalized spacial score (nSPS) is 12.6. The van der Waals surface area contributed by atoms with Gasteiger partial charge in [-0.15, -0.1) is 0 Å². The SMILES string of the molecule is CNCC(C)COc1ccc2cc(Br)ccc2c1. The van der Waals surface area contributed by atoms with Crippen LogP contribution in [0.5, 0.6) is 5.75 Å². The number of halogens is 1. The monoisotopic (exact) mass is 307 g/mol. The Labute approximate surface area is 116 Å². The highest BCUT2D eigenvalue weighted by Crippen LogP contribution is 2.24. The zero-order valence-electron chi connectivity index (χ0n) is 10.7. The van der Waals surface area contributed by atoms with E-state index in [4.69, 9.17) is 4.74 Å². The number of benzene rings is 2. The first-order valence-electron chi connectivity index (χ1n) is 6.16. The Morgan fingerprint density at radius 1 is 1.17 bits per heavy atom. The van der Waals surface area contributed by atoms with Gasteiger partial charge in [-0.25, -0.2) is 0 Å². The van der Waals surface area contributed by atoms with E-state index in [9.17, 15) is 0 Å². The second-order valence-electron chi connectivity index (χ2n) is 4.63. The van der Waals surface area contributed by atoms with Crippen molar-refractivity contribution in [2.75, 3.05) is 20.2 Å². The van der Waals surface area contributed by atoms with Crippen LogP contribution in [0.4, 0.5) is 0 Å². The number of nitrogens with one attached hydrogen (secondary N) is 1. The Balaban J connectivity index is 2.08. The summed E-state index contributed by atoms with van der Waals surface area (Å²) in [7, 11) is 1.96. The molecule has 0 saturated carbocycles. The van der Waals surface area contributed by atoms with Gasteiger partial charge in [0.25, 0.3) is 0 Å². The van der Waals surface area contributed by atoms with E-state index >= 15 is 0 Å².